The number of nitriles is 2. The van der Waals surface area contributed by atoms with Crippen LogP contribution in [0.15, 0.2) is 243 Å². The highest BCUT2D eigenvalue weighted by atomic mass is 32.1. The predicted molar refractivity (Wildman–Crippen MR) is 385 cm³/mol. The fourth-order valence-electron chi connectivity index (χ4n) is 15.8. The number of aromatic nitrogens is 4. The van der Waals surface area contributed by atoms with Crippen molar-refractivity contribution in [3.05, 3.63) is 254 Å². The topological polar surface area (TPSA) is 67.3 Å². The molecule has 0 aliphatic carbocycles. The number of benzene rings is 13. The molecule has 0 radical (unpaired) electrons. The molecule has 414 valence electrons. The van der Waals surface area contributed by atoms with Crippen molar-refractivity contribution in [3.8, 4) is 34.9 Å². The Labute approximate surface area is 526 Å². The van der Waals surface area contributed by atoms with Gasteiger partial charge in [-0.15, -0.1) is 45.3 Å². The van der Waals surface area contributed by atoms with Crippen LogP contribution in [0.3, 0.4) is 0 Å². The van der Waals surface area contributed by atoms with Crippen LogP contribution in [0.1, 0.15) is 11.1 Å². The maximum Gasteiger partial charge on any atom is 0.103 e. The van der Waals surface area contributed by atoms with Crippen molar-refractivity contribution in [3.63, 3.8) is 0 Å². The smallest absolute Gasteiger partial charge is 0.103 e. The van der Waals surface area contributed by atoms with E-state index >= 15 is 0 Å². The van der Waals surface area contributed by atoms with Crippen LogP contribution in [-0.4, -0.2) is 18.3 Å². The number of nitrogens with zero attached hydrogens (tertiary/aromatic N) is 6. The molecule has 0 aliphatic rings. The Bertz CT molecular complexity index is 6530. The third-order valence-electron chi connectivity index (χ3n) is 19.2. The molecule has 0 saturated carbocycles. The van der Waals surface area contributed by atoms with E-state index in [2.05, 4.69) is 273 Å². The van der Waals surface area contributed by atoms with Gasteiger partial charge in [-0.05, 0) is 72.8 Å². The van der Waals surface area contributed by atoms with Gasteiger partial charge < -0.3 is 18.3 Å². The summed E-state index contributed by atoms with van der Waals surface area (Å²) in [5.41, 5.74) is 11.2. The van der Waals surface area contributed by atoms with Gasteiger partial charge >= 0.3 is 0 Å². The van der Waals surface area contributed by atoms with Crippen LogP contribution in [0.25, 0.3) is 191 Å². The zero-order valence-corrected chi connectivity index (χ0v) is 50.7. The highest BCUT2D eigenvalue weighted by Crippen LogP contribution is 2.55. The Hall–Kier alpha value is -11.1. The standard InChI is InChI=1S/C80H40N6S4/c81-41-55-56(42-82)78(84-58-26-10-2-18-44(58)48-34-38-66-70(74(48)84)52-22-6-14-30-62(52)88-66)80(86-60-28-12-4-20-46(60)50-36-40-68-72(76(50)86)54-24-8-16-32-64(54)90-68)79(85-59-27-11-3-19-45(59)49-35-39-67-71(75(49)85)53-23-7-15-31-63(53)89-67)77(55)83-57-25-9-1-17-43(57)47-33-37-65-69(73(47)83)51-21-5-13-29-61(51)87-65/h1-40H. The second-order valence-corrected chi connectivity index (χ2v) is 27.8. The van der Waals surface area contributed by atoms with Gasteiger partial charge in [-0.2, -0.15) is 10.5 Å². The Morgan fingerprint density at radius 2 is 0.433 bits per heavy atom. The lowest BCUT2D eigenvalue weighted by Crippen LogP contribution is -2.17. The zero-order valence-electron chi connectivity index (χ0n) is 47.4. The molecule has 0 bridgehead atoms. The summed E-state index contributed by atoms with van der Waals surface area (Å²) in [5.74, 6) is 0. The number of hydrogen-bond donors (Lipinski definition) is 0. The number of thiophene rings is 4. The lowest BCUT2D eigenvalue weighted by Gasteiger charge is -2.28. The predicted octanol–water partition coefficient (Wildman–Crippen LogP) is 23.3. The molecule has 0 amide bonds. The van der Waals surface area contributed by atoms with Gasteiger partial charge in [0.1, 0.15) is 12.1 Å². The molecule has 13 aromatic carbocycles. The first-order valence-electron chi connectivity index (χ1n) is 30.0. The molecule has 0 fully saturated rings. The zero-order chi connectivity index (χ0) is 58.8. The van der Waals surface area contributed by atoms with Crippen LogP contribution in [0.5, 0.6) is 0 Å². The Morgan fingerprint density at radius 3 is 0.689 bits per heavy atom. The van der Waals surface area contributed by atoms with Crippen molar-refractivity contribution in [1.29, 1.82) is 10.5 Å². The Balaban J connectivity index is 1.14. The largest absolute Gasteiger partial charge is 0.305 e. The average molecular weight is 1210 g/mol. The van der Waals surface area contributed by atoms with Gasteiger partial charge in [0, 0.05) is 124 Å². The van der Waals surface area contributed by atoms with Crippen LogP contribution in [0.4, 0.5) is 0 Å². The molecular weight excluding hydrogens is 1170 g/mol. The van der Waals surface area contributed by atoms with E-state index in [1.807, 2.05) is 22.7 Å². The first-order chi connectivity index (χ1) is 44.6. The van der Waals surface area contributed by atoms with Crippen LogP contribution in [-0.2, 0) is 0 Å². The summed E-state index contributed by atoms with van der Waals surface area (Å²) in [6.45, 7) is 0. The molecular formula is C80H40N6S4. The monoisotopic (exact) mass is 1210 g/mol. The van der Waals surface area contributed by atoms with Gasteiger partial charge in [0.25, 0.3) is 0 Å². The second kappa shape index (κ2) is 17.8. The molecule has 10 heteroatoms. The Kier molecular flexibility index (Phi) is 9.69. The summed E-state index contributed by atoms with van der Waals surface area (Å²) in [7, 11) is 0. The molecule has 90 heavy (non-hydrogen) atoms. The van der Waals surface area contributed by atoms with E-state index in [1.165, 1.54) is 18.8 Å². The van der Waals surface area contributed by atoms with E-state index in [9.17, 15) is 10.5 Å². The molecule has 0 saturated heterocycles. The number of fused-ring (bicyclic) bond motifs is 28. The van der Waals surface area contributed by atoms with Gasteiger partial charge in [-0.25, -0.2) is 0 Å². The molecule has 0 N–H and O–H groups in total. The maximum atomic E-state index is 13.0. The van der Waals surface area contributed by atoms with E-state index < -0.39 is 0 Å². The maximum absolute atomic E-state index is 13.0. The van der Waals surface area contributed by atoms with Gasteiger partial charge in [0.2, 0.25) is 0 Å². The van der Waals surface area contributed by atoms with Crippen LogP contribution < -0.4 is 0 Å². The van der Waals surface area contributed by atoms with Crippen molar-refractivity contribution in [2.24, 2.45) is 0 Å². The second-order valence-electron chi connectivity index (χ2n) is 23.5. The van der Waals surface area contributed by atoms with E-state index in [1.54, 1.807) is 22.7 Å². The number of hydrogen-bond acceptors (Lipinski definition) is 6. The van der Waals surface area contributed by atoms with E-state index in [0.29, 0.717) is 11.4 Å². The highest BCUT2D eigenvalue weighted by Gasteiger charge is 2.37. The summed E-state index contributed by atoms with van der Waals surface area (Å²) in [6, 6.07) is 94.4. The third kappa shape index (κ3) is 6.13. The van der Waals surface area contributed by atoms with Crippen molar-refractivity contribution >= 4 is 213 Å². The van der Waals surface area contributed by atoms with E-state index in [4.69, 9.17) is 0 Å². The van der Waals surface area contributed by atoms with E-state index in [0.717, 1.165) is 160 Å². The molecule has 8 heterocycles. The summed E-state index contributed by atoms with van der Waals surface area (Å²) in [6.07, 6.45) is 0. The molecule has 0 atom stereocenters. The SMILES string of the molecule is N#Cc1c(C#N)c(-n2c3ccccc3c3ccc4sc5ccccc5c4c32)c(-n2c3ccccc3c3ccc4sc5ccccc5c4c32)c(-n2c3ccccc3c3ccc4sc5ccccc5c4c32)c1-n1c2ccccc2c2ccc3sc4ccccc4c3c21. The highest BCUT2D eigenvalue weighted by molar-refractivity contribution is 7.27. The molecule has 0 aliphatic heterocycles. The normalized spacial score (nSPS) is 12.4. The summed E-state index contributed by atoms with van der Waals surface area (Å²) in [5, 5.41) is 43.7. The van der Waals surface area contributed by atoms with Crippen molar-refractivity contribution in [1.82, 2.24) is 18.3 Å². The summed E-state index contributed by atoms with van der Waals surface area (Å²) >= 11 is 7.20. The van der Waals surface area contributed by atoms with Crippen LogP contribution in [0, 0.1) is 22.7 Å². The number of para-hydroxylation sites is 4. The van der Waals surface area contributed by atoms with E-state index in [-0.39, 0.29) is 11.1 Å². The van der Waals surface area contributed by atoms with Gasteiger partial charge in [0.05, 0.1) is 78.0 Å². The lowest BCUT2D eigenvalue weighted by atomic mass is 9.97. The fraction of sp³-hybridized carbons (Fsp3) is 0. The van der Waals surface area contributed by atoms with Crippen molar-refractivity contribution < 1.29 is 0 Å². The van der Waals surface area contributed by atoms with Gasteiger partial charge in [-0.1, -0.05) is 170 Å². The van der Waals surface area contributed by atoms with Crippen LogP contribution in [0.2, 0.25) is 0 Å². The molecule has 8 aromatic heterocycles. The molecule has 6 nitrogen and oxygen atoms in total. The Morgan fingerprint density at radius 1 is 0.211 bits per heavy atom. The van der Waals surface area contributed by atoms with Crippen molar-refractivity contribution in [2.75, 3.05) is 0 Å². The molecule has 0 unspecified atom stereocenters. The minimum atomic E-state index is 0.277. The lowest BCUT2D eigenvalue weighted by molar-refractivity contribution is 1.02. The number of rotatable bonds is 4. The first kappa shape index (κ1) is 49.0. The quantitative estimate of drug-likeness (QED) is 0.176. The summed E-state index contributed by atoms with van der Waals surface area (Å²) in [4.78, 5) is 0. The fourth-order valence-corrected chi connectivity index (χ4v) is 20.2. The van der Waals surface area contributed by atoms with Crippen LogP contribution >= 0.6 is 45.3 Å². The third-order valence-corrected chi connectivity index (χ3v) is 23.8. The van der Waals surface area contributed by atoms with Gasteiger partial charge in [0.15, 0.2) is 0 Å². The minimum absolute atomic E-state index is 0.277. The molecule has 21 aromatic rings. The first-order valence-corrected chi connectivity index (χ1v) is 33.3. The average Bonchev–Trinajstić information content (AvgIpc) is 1.47. The molecule has 0 spiro atoms. The minimum Gasteiger partial charge on any atom is -0.305 e. The molecule has 21 rings (SSSR count). The van der Waals surface area contributed by atoms with Crippen molar-refractivity contribution in [2.45, 2.75) is 0 Å². The summed E-state index contributed by atoms with van der Waals surface area (Å²) < 4.78 is 19.2. The van der Waals surface area contributed by atoms with Gasteiger partial charge in [-0.3, -0.25) is 0 Å².